The van der Waals surface area contributed by atoms with Crippen molar-refractivity contribution in [2.45, 2.75) is 20.0 Å². The molecule has 0 saturated heterocycles. The molecule has 6 heteroatoms. The van der Waals surface area contributed by atoms with Crippen LogP contribution in [-0.2, 0) is 4.79 Å². The second-order valence-corrected chi connectivity index (χ2v) is 5.66. The van der Waals surface area contributed by atoms with Gasteiger partial charge in [0, 0.05) is 6.07 Å². The first kappa shape index (κ1) is 17.9. The fourth-order valence-corrected chi connectivity index (χ4v) is 2.25. The largest absolute Gasteiger partial charge is 0.497 e. The van der Waals surface area contributed by atoms with Crippen LogP contribution in [0.15, 0.2) is 36.4 Å². The molecule has 0 aliphatic carbocycles. The van der Waals surface area contributed by atoms with E-state index in [-0.39, 0.29) is 5.91 Å². The molecule has 0 fully saturated rings. The lowest BCUT2D eigenvalue weighted by Crippen LogP contribution is -2.30. The van der Waals surface area contributed by atoms with Gasteiger partial charge >= 0.3 is 0 Å². The highest BCUT2D eigenvalue weighted by Crippen LogP contribution is 2.30. The predicted molar refractivity (Wildman–Crippen MR) is 94.5 cm³/mol. The second-order valence-electron chi connectivity index (χ2n) is 5.25. The van der Waals surface area contributed by atoms with Crippen molar-refractivity contribution in [3.63, 3.8) is 0 Å². The summed E-state index contributed by atoms with van der Waals surface area (Å²) >= 11 is 6.10. The van der Waals surface area contributed by atoms with Crippen molar-refractivity contribution in [3.05, 3.63) is 47.0 Å². The predicted octanol–water partition coefficient (Wildman–Crippen LogP) is 4.07. The van der Waals surface area contributed by atoms with Gasteiger partial charge in [0.05, 0.1) is 24.9 Å². The normalized spacial score (nSPS) is 11.5. The van der Waals surface area contributed by atoms with Gasteiger partial charge in [-0.1, -0.05) is 17.7 Å². The number of benzene rings is 2. The minimum Gasteiger partial charge on any atom is -0.497 e. The van der Waals surface area contributed by atoms with Crippen LogP contribution in [0.2, 0.25) is 5.02 Å². The van der Waals surface area contributed by atoms with E-state index >= 15 is 0 Å². The fourth-order valence-electron chi connectivity index (χ4n) is 2.09. The number of nitrogens with one attached hydrogen (secondary N) is 1. The number of halogens is 1. The van der Waals surface area contributed by atoms with E-state index in [0.29, 0.717) is 28.0 Å². The van der Waals surface area contributed by atoms with Crippen LogP contribution in [0.25, 0.3) is 0 Å². The monoisotopic (exact) mass is 349 g/mol. The molecule has 128 valence electrons. The molecule has 0 aliphatic rings. The van der Waals surface area contributed by atoms with Crippen LogP contribution in [-0.4, -0.2) is 26.2 Å². The van der Waals surface area contributed by atoms with Gasteiger partial charge in [-0.3, -0.25) is 4.79 Å². The molecule has 24 heavy (non-hydrogen) atoms. The zero-order chi connectivity index (χ0) is 17.7. The third-order valence-electron chi connectivity index (χ3n) is 3.42. The summed E-state index contributed by atoms with van der Waals surface area (Å²) in [6.07, 6.45) is -0.736. The fraction of sp³-hybridized carbons (Fsp3) is 0.278. The van der Waals surface area contributed by atoms with Gasteiger partial charge < -0.3 is 19.5 Å². The molecule has 0 bridgehead atoms. The second kappa shape index (κ2) is 7.93. The van der Waals surface area contributed by atoms with Gasteiger partial charge in [-0.15, -0.1) is 0 Å². The van der Waals surface area contributed by atoms with Crippen LogP contribution >= 0.6 is 11.6 Å². The highest BCUT2D eigenvalue weighted by molar-refractivity contribution is 6.32. The average Bonchev–Trinajstić information content (AvgIpc) is 2.57. The number of anilines is 1. The zero-order valence-electron chi connectivity index (χ0n) is 14.1. The van der Waals surface area contributed by atoms with Gasteiger partial charge in [0.2, 0.25) is 0 Å². The van der Waals surface area contributed by atoms with Crippen LogP contribution in [0.3, 0.4) is 0 Å². The number of hydrogen-bond donors (Lipinski definition) is 1. The molecule has 2 rings (SSSR count). The number of aryl methyl sites for hydroxylation is 1. The number of hydrogen-bond acceptors (Lipinski definition) is 4. The lowest BCUT2D eigenvalue weighted by Gasteiger charge is -2.17. The van der Waals surface area contributed by atoms with E-state index < -0.39 is 6.10 Å². The number of carbonyl (C=O) groups excluding carboxylic acids is 1. The average molecular weight is 350 g/mol. The first-order valence-electron chi connectivity index (χ1n) is 7.40. The number of rotatable bonds is 6. The Kier molecular flexibility index (Phi) is 5.93. The first-order chi connectivity index (χ1) is 11.4. The van der Waals surface area contributed by atoms with Gasteiger partial charge in [0.25, 0.3) is 5.91 Å². The van der Waals surface area contributed by atoms with Crippen LogP contribution in [0, 0.1) is 6.92 Å². The van der Waals surface area contributed by atoms with Gasteiger partial charge in [-0.25, -0.2) is 0 Å². The molecule has 5 nitrogen and oxygen atoms in total. The lowest BCUT2D eigenvalue weighted by molar-refractivity contribution is -0.122. The molecule has 0 unspecified atom stereocenters. The summed E-state index contributed by atoms with van der Waals surface area (Å²) in [5, 5.41) is 3.24. The molecule has 0 aliphatic heterocycles. The molecule has 0 heterocycles. The van der Waals surface area contributed by atoms with E-state index in [0.717, 1.165) is 5.56 Å². The van der Waals surface area contributed by atoms with E-state index in [4.69, 9.17) is 25.8 Å². The third kappa shape index (κ3) is 4.32. The summed E-state index contributed by atoms with van der Waals surface area (Å²) in [5.74, 6) is 1.29. The van der Waals surface area contributed by atoms with E-state index in [1.807, 2.05) is 13.0 Å². The van der Waals surface area contributed by atoms with E-state index in [9.17, 15) is 4.79 Å². The molecule has 0 saturated carbocycles. The zero-order valence-corrected chi connectivity index (χ0v) is 14.8. The molecule has 0 aromatic heterocycles. The Bertz CT molecular complexity index is 733. The lowest BCUT2D eigenvalue weighted by atomic mass is 10.2. The Morgan fingerprint density at radius 3 is 2.50 bits per heavy atom. The number of amides is 1. The first-order valence-corrected chi connectivity index (χ1v) is 7.78. The highest BCUT2D eigenvalue weighted by atomic mass is 35.5. The molecular formula is C18H20ClNO4. The maximum absolute atomic E-state index is 12.4. The topological polar surface area (TPSA) is 56.8 Å². The Morgan fingerprint density at radius 2 is 1.83 bits per heavy atom. The molecule has 0 radical (unpaired) electrons. The van der Waals surface area contributed by atoms with E-state index in [2.05, 4.69) is 5.32 Å². The molecule has 1 N–H and O–H groups in total. The van der Waals surface area contributed by atoms with Crippen molar-refractivity contribution < 1.29 is 19.0 Å². The SMILES string of the molecule is COc1ccc(OC)c(NC(=O)[C@H](C)Oc2cc(C)ccc2Cl)c1. The van der Waals surface area contributed by atoms with Crippen molar-refractivity contribution in [2.75, 3.05) is 19.5 Å². The summed E-state index contributed by atoms with van der Waals surface area (Å²) in [6, 6.07) is 10.6. The Morgan fingerprint density at radius 1 is 1.08 bits per heavy atom. The molecule has 1 atom stereocenters. The third-order valence-corrected chi connectivity index (χ3v) is 3.74. The minimum absolute atomic E-state index is 0.320. The standard InChI is InChI=1S/C18H20ClNO4/c1-11-5-7-14(19)17(9-11)24-12(2)18(21)20-15-10-13(22-3)6-8-16(15)23-4/h5-10,12H,1-4H3,(H,20,21)/t12-/m0/s1. The molecule has 2 aromatic rings. The van der Waals surface area contributed by atoms with Crippen LogP contribution in [0.5, 0.6) is 17.2 Å². The van der Waals surface area contributed by atoms with Crippen LogP contribution in [0.4, 0.5) is 5.69 Å². The highest BCUT2D eigenvalue weighted by Gasteiger charge is 2.18. The number of ether oxygens (including phenoxy) is 3. The van der Waals surface area contributed by atoms with Crippen molar-refractivity contribution in [1.29, 1.82) is 0 Å². The summed E-state index contributed by atoms with van der Waals surface area (Å²) < 4.78 is 16.1. The Balaban J connectivity index is 2.13. The van der Waals surface area contributed by atoms with Crippen molar-refractivity contribution in [3.8, 4) is 17.2 Å². The Labute approximate surface area is 146 Å². The summed E-state index contributed by atoms with van der Waals surface area (Å²) in [7, 11) is 3.09. The summed E-state index contributed by atoms with van der Waals surface area (Å²) in [6.45, 7) is 3.58. The summed E-state index contributed by atoms with van der Waals surface area (Å²) in [5.41, 5.74) is 1.50. The van der Waals surface area contributed by atoms with Crippen LogP contribution < -0.4 is 19.5 Å². The van der Waals surface area contributed by atoms with E-state index in [1.165, 1.54) is 7.11 Å². The van der Waals surface area contributed by atoms with Gasteiger partial charge in [-0.05, 0) is 43.7 Å². The van der Waals surface area contributed by atoms with Crippen LogP contribution in [0.1, 0.15) is 12.5 Å². The van der Waals surface area contributed by atoms with Gasteiger partial charge in [0.1, 0.15) is 17.2 Å². The molecule has 0 spiro atoms. The maximum Gasteiger partial charge on any atom is 0.265 e. The van der Waals surface area contributed by atoms with Crippen molar-refractivity contribution in [2.24, 2.45) is 0 Å². The van der Waals surface area contributed by atoms with Gasteiger partial charge in [0.15, 0.2) is 6.10 Å². The minimum atomic E-state index is -0.736. The quantitative estimate of drug-likeness (QED) is 0.854. The number of methoxy groups -OCH3 is 2. The number of carbonyl (C=O) groups is 1. The Hall–Kier alpha value is -2.40. The molecule has 1 amide bonds. The summed E-state index contributed by atoms with van der Waals surface area (Å²) in [4.78, 5) is 12.4. The maximum atomic E-state index is 12.4. The molecular weight excluding hydrogens is 330 g/mol. The van der Waals surface area contributed by atoms with Gasteiger partial charge in [-0.2, -0.15) is 0 Å². The molecule has 2 aromatic carbocycles. The smallest absolute Gasteiger partial charge is 0.265 e. The van der Waals surface area contributed by atoms with Crippen molar-refractivity contribution >= 4 is 23.2 Å². The van der Waals surface area contributed by atoms with E-state index in [1.54, 1.807) is 44.4 Å². The van der Waals surface area contributed by atoms with Crippen molar-refractivity contribution in [1.82, 2.24) is 0 Å².